The summed E-state index contributed by atoms with van der Waals surface area (Å²) < 4.78 is 6.24. The number of carboxylic acid groups (broad SMARTS) is 1. The monoisotopic (exact) mass is 529 g/mol. The molecule has 0 fully saturated rings. The van der Waals surface area contributed by atoms with Crippen LogP contribution >= 0.6 is 27.3 Å². The van der Waals surface area contributed by atoms with E-state index in [4.69, 9.17) is 9.84 Å². The maximum Gasteiger partial charge on any atom is 0.407 e. The maximum atomic E-state index is 12.5. The number of amides is 2. The van der Waals surface area contributed by atoms with Gasteiger partial charge in [-0.2, -0.15) is 0 Å². The molecule has 0 saturated heterocycles. The van der Waals surface area contributed by atoms with Crippen LogP contribution < -0.4 is 10.6 Å². The Morgan fingerprint density at radius 3 is 2.30 bits per heavy atom. The number of carbonyl (C=O) groups is 3. The van der Waals surface area contributed by atoms with Crippen LogP contribution in [0.3, 0.4) is 0 Å². The molecular formula is C23H20BrN3O5S. The van der Waals surface area contributed by atoms with Crippen molar-refractivity contribution in [1.82, 2.24) is 15.6 Å². The molecule has 33 heavy (non-hydrogen) atoms. The molecular weight excluding hydrogens is 510 g/mol. The van der Waals surface area contributed by atoms with E-state index in [1.54, 1.807) is 6.20 Å². The number of benzene rings is 2. The van der Waals surface area contributed by atoms with Gasteiger partial charge in [-0.1, -0.05) is 48.5 Å². The molecule has 0 bridgehead atoms. The number of thiazole rings is 1. The summed E-state index contributed by atoms with van der Waals surface area (Å²) in [6.45, 7) is 0.187. The highest BCUT2D eigenvalue weighted by molar-refractivity contribution is 9.11. The molecule has 1 atom stereocenters. The van der Waals surface area contributed by atoms with Crippen molar-refractivity contribution < 1.29 is 24.2 Å². The highest BCUT2D eigenvalue weighted by Gasteiger charge is 2.30. The summed E-state index contributed by atoms with van der Waals surface area (Å²) in [4.78, 5) is 40.3. The highest BCUT2D eigenvalue weighted by atomic mass is 79.9. The Hall–Kier alpha value is -3.24. The van der Waals surface area contributed by atoms with Crippen LogP contribution in [0.15, 0.2) is 58.5 Å². The maximum absolute atomic E-state index is 12.5. The Bertz CT molecular complexity index is 1150. The van der Waals surface area contributed by atoms with Crippen LogP contribution in [-0.2, 0) is 20.9 Å². The molecule has 1 heterocycles. The lowest BCUT2D eigenvalue weighted by molar-refractivity contribution is -0.139. The smallest absolute Gasteiger partial charge is 0.407 e. The summed E-state index contributed by atoms with van der Waals surface area (Å²) in [7, 11) is 0. The lowest BCUT2D eigenvalue weighted by Crippen LogP contribution is -2.48. The Morgan fingerprint density at radius 1 is 1.09 bits per heavy atom. The van der Waals surface area contributed by atoms with E-state index >= 15 is 0 Å². The molecule has 3 N–H and O–H groups in total. The van der Waals surface area contributed by atoms with Gasteiger partial charge in [0.2, 0.25) is 5.91 Å². The van der Waals surface area contributed by atoms with Crippen molar-refractivity contribution >= 4 is 45.2 Å². The summed E-state index contributed by atoms with van der Waals surface area (Å²) in [6.07, 6.45) is 0.184. The minimum atomic E-state index is -1.28. The summed E-state index contributed by atoms with van der Waals surface area (Å²) in [5.74, 6) is -1.98. The fourth-order valence-corrected chi connectivity index (χ4v) is 5.07. The van der Waals surface area contributed by atoms with Gasteiger partial charge in [0.15, 0.2) is 0 Å². The Morgan fingerprint density at radius 2 is 1.73 bits per heavy atom. The van der Waals surface area contributed by atoms with Crippen molar-refractivity contribution in [2.45, 2.75) is 24.9 Å². The molecule has 0 radical (unpaired) electrons. The third kappa shape index (κ3) is 5.40. The van der Waals surface area contributed by atoms with Crippen LogP contribution in [0, 0.1) is 0 Å². The largest absolute Gasteiger partial charge is 0.481 e. The zero-order valence-corrected chi connectivity index (χ0v) is 19.7. The first-order valence-corrected chi connectivity index (χ1v) is 11.7. The van der Waals surface area contributed by atoms with Gasteiger partial charge in [0.05, 0.1) is 22.9 Å². The first kappa shape index (κ1) is 22.9. The van der Waals surface area contributed by atoms with Gasteiger partial charge in [0, 0.05) is 5.92 Å². The second-order valence-electron chi connectivity index (χ2n) is 7.40. The fourth-order valence-electron chi connectivity index (χ4n) is 3.82. The number of hydrogen-bond donors (Lipinski definition) is 3. The van der Waals surface area contributed by atoms with Gasteiger partial charge in [-0.25, -0.2) is 9.78 Å². The molecule has 170 valence electrons. The SMILES string of the molecule is O=C(O)CC(NC(=O)OCC1c2ccccc2-c2ccccc21)C(=O)NCc1ncc(Br)s1. The molecule has 4 rings (SSSR count). The highest BCUT2D eigenvalue weighted by Crippen LogP contribution is 2.44. The van der Waals surface area contributed by atoms with Gasteiger partial charge in [0.1, 0.15) is 17.7 Å². The predicted molar refractivity (Wildman–Crippen MR) is 126 cm³/mol. The molecule has 2 aromatic carbocycles. The van der Waals surface area contributed by atoms with Gasteiger partial charge in [-0.15, -0.1) is 11.3 Å². The van der Waals surface area contributed by atoms with Crippen LogP contribution in [0.2, 0.25) is 0 Å². The third-order valence-electron chi connectivity index (χ3n) is 5.27. The number of aliphatic carboxylic acids is 1. The summed E-state index contributed by atoms with van der Waals surface area (Å²) in [6, 6.07) is 14.6. The normalized spacial score (nSPS) is 13.0. The summed E-state index contributed by atoms with van der Waals surface area (Å²) in [5, 5.41) is 14.8. The van der Waals surface area contributed by atoms with Crippen molar-refractivity contribution in [2.75, 3.05) is 6.61 Å². The molecule has 1 aromatic heterocycles. The fraction of sp³-hybridized carbons (Fsp3) is 0.217. The van der Waals surface area contributed by atoms with Gasteiger partial charge < -0.3 is 20.5 Å². The number of fused-ring (bicyclic) bond motifs is 3. The molecule has 8 nitrogen and oxygen atoms in total. The molecule has 0 aliphatic heterocycles. The van der Waals surface area contributed by atoms with Crippen LogP contribution in [0.4, 0.5) is 4.79 Å². The van der Waals surface area contributed by atoms with Gasteiger partial charge in [-0.05, 0) is 38.2 Å². The quantitative estimate of drug-likeness (QED) is 0.407. The van der Waals surface area contributed by atoms with Gasteiger partial charge in [-0.3, -0.25) is 9.59 Å². The minimum Gasteiger partial charge on any atom is -0.481 e. The van der Waals surface area contributed by atoms with Crippen molar-refractivity contribution in [3.63, 3.8) is 0 Å². The van der Waals surface area contributed by atoms with E-state index in [2.05, 4.69) is 31.5 Å². The molecule has 2 amide bonds. The topological polar surface area (TPSA) is 118 Å². The molecule has 3 aromatic rings. The van der Waals surface area contributed by atoms with Crippen LogP contribution in [0.5, 0.6) is 0 Å². The lowest BCUT2D eigenvalue weighted by Gasteiger charge is -2.18. The number of hydrogen-bond acceptors (Lipinski definition) is 6. The number of ether oxygens (including phenoxy) is 1. The molecule has 10 heteroatoms. The Balaban J connectivity index is 1.38. The van der Waals surface area contributed by atoms with Crippen molar-refractivity contribution in [3.05, 3.63) is 74.6 Å². The molecule has 0 spiro atoms. The predicted octanol–water partition coefficient (Wildman–Crippen LogP) is 3.90. The molecule has 1 unspecified atom stereocenters. The van der Waals surface area contributed by atoms with E-state index in [0.29, 0.717) is 5.01 Å². The zero-order valence-electron chi connectivity index (χ0n) is 17.3. The zero-order chi connectivity index (χ0) is 23.4. The number of halogens is 1. The van der Waals surface area contributed by atoms with Crippen LogP contribution in [0.1, 0.15) is 28.5 Å². The number of nitrogens with zero attached hydrogens (tertiary/aromatic N) is 1. The Kier molecular flexibility index (Phi) is 7.05. The van der Waals surface area contributed by atoms with Crippen molar-refractivity contribution in [2.24, 2.45) is 0 Å². The first-order chi connectivity index (χ1) is 15.9. The second kappa shape index (κ2) is 10.1. The average Bonchev–Trinajstić information content (AvgIpc) is 3.36. The van der Waals surface area contributed by atoms with Crippen LogP contribution in [0.25, 0.3) is 11.1 Å². The van der Waals surface area contributed by atoms with E-state index in [0.717, 1.165) is 26.0 Å². The van der Waals surface area contributed by atoms with E-state index in [1.165, 1.54) is 11.3 Å². The van der Waals surface area contributed by atoms with Gasteiger partial charge in [0.25, 0.3) is 0 Å². The number of carbonyl (C=O) groups excluding carboxylic acids is 2. The standard InChI is InChI=1S/C23H20BrN3O5S/c24-19-10-25-20(33-19)11-26-22(30)18(9-21(28)29)27-23(31)32-12-17-15-7-3-1-5-13(15)14-6-2-4-8-16(14)17/h1-8,10,17-18H,9,11-12H2,(H,26,30)(H,27,31)(H,28,29). The van der Waals surface area contributed by atoms with E-state index < -0.39 is 30.4 Å². The summed E-state index contributed by atoms with van der Waals surface area (Å²) >= 11 is 4.63. The number of aromatic nitrogens is 1. The number of carboxylic acids is 1. The minimum absolute atomic E-state index is 0.0639. The lowest BCUT2D eigenvalue weighted by atomic mass is 9.98. The first-order valence-electron chi connectivity index (χ1n) is 10.1. The number of rotatable bonds is 8. The average molecular weight is 530 g/mol. The van der Waals surface area contributed by atoms with E-state index in [9.17, 15) is 14.4 Å². The van der Waals surface area contributed by atoms with E-state index in [-0.39, 0.29) is 19.1 Å². The van der Waals surface area contributed by atoms with Crippen molar-refractivity contribution in [3.8, 4) is 11.1 Å². The molecule has 1 aliphatic rings. The number of alkyl carbamates (subject to hydrolysis) is 1. The Labute approximate surface area is 202 Å². The van der Waals surface area contributed by atoms with Gasteiger partial charge >= 0.3 is 12.1 Å². The number of nitrogens with one attached hydrogen (secondary N) is 2. The van der Waals surface area contributed by atoms with Crippen molar-refractivity contribution in [1.29, 1.82) is 0 Å². The molecule has 0 saturated carbocycles. The van der Waals surface area contributed by atoms with E-state index in [1.807, 2.05) is 48.5 Å². The second-order valence-corrected chi connectivity index (χ2v) is 9.89. The third-order valence-corrected chi connectivity index (χ3v) is 6.75. The van der Waals surface area contributed by atoms with Crippen LogP contribution in [-0.4, -0.2) is 40.7 Å². The molecule has 1 aliphatic carbocycles. The summed E-state index contributed by atoms with van der Waals surface area (Å²) in [5.41, 5.74) is 4.31.